The molecule has 204 valence electrons. The van der Waals surface area contributed by atoms with Crippen molar-refractivity contribution in [3.05, 3.63) is 71.3 Å². The molecule has 36 heavy (non-hydrogen) atoms. The first-order chi connectivity index (χ1) is 15.9. The molecule has 2 saturated heterocycles. The molecule has 2 aliphatic rings. The number of ether oxygens (including phenoxy) is 1. The zero-order chi connectivity index (χ0) is 23.4. The van der Waals surface area contributed by atoms with E-state index in [9.17, 15) is 19.0 Å². The van der Waals surface area contributed by atoms with Crippen LogP contribution in [0.25, 0.3) is 0 Å². The molecule has 2 fully saturated rings. The average molecular weight is 571 g/mol. The second kappa shape index (κ2) is 15.4. The highest BCUT2D eigenvalue weighted by Gasteiger charge is 2.47. The van der Waals surface area contributed by atoms with Gasteiger partial charge in [0.25, 0.3) is 0 Å². The average Bonchev–Trinajstić information content (AvgIpc) is 3.12. The normalized spacial score (nSPS) is 24.6. The number of rotatable bonds is 8. The standard InChI is InChI=1S/C25H33F2N3O3.3ClH/c1-28-10-12-30(13-11-28)24-22(33-23(17-31)25(24)32)16-29(14-18-2-6-20(26)7-3-18)15-19-4-8-21(27)9-5-19;;;/h2-9,22-25,31-32H,10-17H2,1H3;3*1H/t22-,23+,24+,25-;;;/m1.../s1. The zero-order valence-electron chi connectivity index (χ0n) is 20.2. The van der Waals surface area contributed by atoms with Gasteiger partial charge in [0.1, 0.15) is 23.8 Å². The molecule has 11 heteroatoms. The largest absolute Gasteiger partial charge is 0.394 e. The smallest absolute Gasteiger partial charge is 0.123 e. The lowest BCUT2D eigenvalue weighted by atomic mass is 10.0. The Bertz CT molecular complexity index is 843. The molecule has 0 aliphatic carbocycles. The van der Waals surface area contributed by atoms with Gasteiger partial charge in [0.2, 0.25) is 0 Å². The molecule has 2 N–H and O–H groups in total. The van der Waals surface area contributed by atoms with Crippen molar-refractivity contribution in [3.63, 3.8) is 0 Å². The second-order valence-electron chi connectivity index (χ2n) is 9.14. The third-order valence-electron chi connectivity index (χ3n) is 6.68. The van der Waals surface area contributed by atoms with Crippen molar-refractivity contribution in [1.29, 1.82) is 0 Å². The number of piperazine rings is 1. The maximum Gasteiger partial charge on any atom is 0.123 e. The summed E-state index contributed by atoms with van der Waals surface area (Å²) in [5, 5.41) is 20.7. The van der Waals surface area contributed by atoms with Crippen molar-refractivity contribution >= 4 is 37.2 Å². The number of benzene rings is 2. The van der Waals surface area contributed by atoms with Gasteiger partial charge in [0, 0.05) is 45.8 Å². The molecule has 4 rings (SSSR count). The highest BCUT2D eigenvalue weighted by atomic mass is 35.5. The zero-order valence-corrected chi connectivity index (χ0v) is 22.7. The third-order valence-corrected chi connectivity index (χ3v) is 6.68. The minimum atomic E-state index is -0.776. The van der Waals surface area contributed by atoms with Gasteiger partial charge in [-0.3, -0.25) is 9.80 Å². The maximum atomic E-state index is 13.4. The summed E-state index contributed by atoms with van der Waals surface area (Å²) >= 11 is 0. The Morgan fingerprint density at radius 3 is 1.75 bits per heavy atom. The van der Waals surface area contributed by atoms with E-state index in [4.69, 9.17) is 4.74 Å². The summed E-state index contributed by atoms with van der Waals surface area (Å²) in [4.78, 5) is 6.69. The minimum Gasteiger partial charge on any atom is -0.394 e. The number of aliphatic hydroxyl groups is 2. The van der Waals surface area contributed by atoms with Crippen LogP contribution in [0.5, 0.6) is 0 Å². The number of aliphatic hydroxyl groups excluding tert-OH is 2. The van der Waals surface area contributed by atoms with Crippen molar-refractivity contribution < 1.29 is 23.7 Å². The SMILES string of the molecule is CN1CCN([C@@H]2[C@H](O)[C@H](CO)O[C@@H]2CN(Cc2ccc(F)cc2)Cc2ccc(F)cc2)CC1.Cl.Cl.Cl. The molecule has 2 heterocycles. The maximum absolute atomic E-state index is 13.4. The molecule has 2 aromatic rings. The lowest BCUT2D eigenvalue weighted by molar-refractivity contribution is -0.0330. The van der Waals surface area contributed by atoms with E-state index in [0.29, 0.717) is 19.6 Å². The van der Waals surface area contributed by atoms with Crippen LogP contribution in [0.3, 0.4) is 0 Å². The van der Waals surface area contributed by atoms with Gasteiger partial charge in [0.05, 0.1) is 18.8 Å². The molecule has 4 atom stereocenters. The Morgan fingerprint density at radius 1 is 0.833 bits per heavy atom. The predicted molar refractivity (Wildman–Crippen MR) is 143 cm³/mol. The van der Waals surface area contributed by atoms with E-state index < -0.39 is 12.2 Å². The van der Waals surface area contributed by atoms with Crippen LogP contribution in [-0.2, 0) is 17.8 Å². The molecule has 2 aliphatic heterocycles. The van der Waals surface area contributed by atoms with Crippen molar-refractivity contribution in [2.24, 2.45) is 0 Å². The van der Waals surface area contributed by atoms with E-state index >= 15 is 0 Å². The Morgan fingerprint density at radius 2 is 1.31 bits per heavy atom. The fourth-order valence-corrected chi connectivity index (χ4v) is 4.83. The molecular formula is C25H36Cl3F2N3O3. The van der Waals surface area contributed by atoms with E-state index in [0.717, 1.165) is 37.3 Å². The van der Waals surface area contributed by atoms with Crippen LogP contribution in [0.4, 0.5) is 8.78 Å². The van der Waals surface area contributed by atoms with Gasteiger partial charge < -0.3 is 19.8 Å². The van der Waals surface area contributed by atoms with Gasteiger partial charge in [-0.25, -0.2) is 8.78 Å². The van der Waals surface area contributed by atoms with Crippen LogP contribution in [0.15, 0.2) is 48.5 Å². The highest BCUT2D eigenvalue weighted by Crippen LogP contribution is 2.28. The summed E-state index contributed by atoms with van der Waals surface area (Å²) in [6.45, 7) is 4.85. The van der Waals surface area contributed by atoms with Gasteiger partial charge in [0.15, 0.2) is 0 Å². The summed E-state index contributed by atoms with van der Waals surface area (Å²) < 4.78 is 33.0. The van der Waals surface area contributed by atoms with Crippen LogP contribution < -0.4 is 0 Å². The molecule has 6 nitrogen and oxygen atoms in total. The lowest BCUT2D eigenvalue weighted by Gasteiger charge is -2.40. The Balaban J connectivity index is 0.00000216. The lowest BCUT2D eigenvalue weighted by Crippen LogP contribution is -2.56. The van der Waals surface area contributed by atoms with Crippen molar-refractivity contribution in [1.82, 2.24) is 14.7 Å². The van der Waals surface area contributed by atoms with E-state index in [2.05, 4.69) is 21.7 Å². The van der Waals surface area contributed by atoms with Crippen molar-refractivity contribution in [2.45, 2.75) is 37.4 Å². The Labute approximate surface area is 230 Å². The number of likely N-dealkylation sites (N-methyl/N-ethyl adjacent to an activating group) is 1. The van der Waals surface area contributed by atoms with Gasteiger partial charge in [-0.05, 0) is 42.4 Å². The van der Waals surface area contributed by atoms with Crippen LogP contribution in [0.2, 0.25) is 0 Å². The second-order valence-corrected chi connectivity index (χ2v) is 9.14. The summed E-state index contributed by atoms with van der Waals surface area (Å²) in [6, 6.07) is 12.6. The van der Waals surface area contributed by atoms with Gasteiger partial charge >= 0.3 is 0 Å². The first kappa shape index (κ1) is 33.0. The molecule has 0 unspecified atom stereocenters. The van der Waals surface area contributed by atoms with Crippen LogP contribution >= 0.6 is 37.2 Å². The highest BCUT2D eigenvalue weighted by molar-refractivity contribution is 5.86. The molecular weight excluding hydrogens is 535 g/mol. The first-order valence-electron chi connectivity index (χ1n) is 11.5. The number of nitrogens with zero attached hydrogens (tertiary/aromatic N) is 3. The summed E-state index contributed by atoms with van der Waals surface area (Å²) in [5.74, 6) is -0.570. The minimum absolute atomic E-state index is 0. The number of hydrogen-bond acceptors (Lipinski definition) is 6. The molecule has 2 aromatic carbocycles. The van der Waals surface area contributed by atoms with Crippen LogP contribution in [0, 0.1) is 11.6 Å². The fourth-order valence-electron chi connectivity index (χ4n) is 4.83. The Hall–Kier alpha value is -1.07. The topological polar surface area (TPSA) is 59.4 Å². The van der Waals surface area contributed by atoms with E-state index in [1.54, 1.807) is 24.3 Å². The van der Waals surface area contributed by atoms with Crippen molar-refractivity contribution in [2.75, 3.05) is 46.4 Å². The third kappa shape index (κ3) is 8.48. The van der Waals surface area contributed by atoms with E-state index in [1.165, 1.54) is 24.3 Å². The van der Waals surface area contributed by atoms with Gasteiger partial charge in [-0.2, -0.15) is 0 Å². The van der Waals surface area contributed by atoms with Crippen molar-refractivity contribution in [3.8, 4) is 0 Å². The first-order valence-corrected chi connectivity index (χ1v) is 11.5. The van der Waals surface area contributed by atoms with E-state index in [-0.39, 0.29) is 67.6 Å². The fraction of sp³-hybridized carbons (Fsp3) is 0.520. The summed E-state index contributed by atoms with van der Waals surface area (Å²) in [5.41, 5.74) is 1.90. The van der Waals surface area contributed by atoms with Crippen LogP contribution in [-0.4, -0.2) is 95.6 Å². The summed E-state index contributed by atoms with van der Waals surface area (Å²) in [6.07, 6.45) is -1.71. The van der Waals surface area contributed by atoms with Gasteiger partial charge in [-0.1, -0.05) is 24.3 Å². The molecule has 0 saturated carbocycles. The summed E-state index contributed by atoms with van der Waals surface area (Å²) in [7, 11) is 2.08. The molecule has 0 spiro atoms. The predicted octanol–water partition coefficient (Wildman–Crippen LogP) is 2.97. The van der Waals surface area contributed by atoms with E-state index in [1.807, 2.05) is 0 Å². The molecule has 0 amide bonds. The molecule has 0 bridgehead atoms. The van der Waals surface area contributed by atoms with Crippen LogP contribution in [0.1, 0.15) is 11.1 Å². The van der Waals surface area contributed by atoms with Gasteiger partial charge in [-0.15, -0.1) is 37.2 Å². The number of hydrogen-bond donors (Lipinski definition) is 2. The monoisotopic (exact) mass is 569 g/mol. The Kier molecular flexibility index (Phi) is 14.1. The molecule has 0 aromatic heterocycles. The molecule has 0 radical (unpaired) electrons. The quantitative estimate of drug-likeness (QED) is 0.509. The number of halogens is 5.